The van der Waals surface area contributed by atoms with Crippen molar-refractivity contribution in [2.24, 2.45) is 5.92 Å². The third-order valence-corrected chi connectivity index (χ3v) is 6.48. The van der Waals surface area contributed by atoms with Crippen LogP contribution in [0.1, 0.15) is 24.0 Å². The Hall–Kier alpha value is -1.85. The van der Waals surface area contributed by atoms with Gasteiger partial charge in [0.1, 0.15) is 5.75 Å². The molecule has 5 heteroatoms. The summed E-state index contributed by atoms with van der Waals surface area (Å²) in [5.74, 6) is 1.38. The van der Waals surface area contributed by atoms with Crippen LogP contribution in [0.5, 0.6) is 5.75 Å². The molecule has 0 radical (unpaired) electrons. The molecule has 3 rings (SSSR count). The molecule has 0 aromatic heterocycles. The molecule has 0 atom stereocenters. The lowest BCUT2D eigenvalue weighted by atomic mass is 9.99. The van der Waals surface area contributed by atoms with Crippen LogP contribution in [0.15, 0.2) is 54.6 Å². The second kappa shape index (κ2) is 8.02. The molecule has 1 aliphatic rings. The maximum Gasteiger partial charge on any atom is 0.218 e. The first-order chi connectivity index (χ1) is 12.0. The maximum absolute atomic E-state index is 12.6. The summed E-state index contributed by atoms with van der Waals surface area (Å²) in [6.07, 6.45) is 1.69. The second-order valence-electron chi connectivity index (χ2n) is 6.71. The molecule has 134 valence electrons. The van der Waals surface area contributed by atoms with Crippen molar-refractivity contribution in [3.8, 4) is 5.75 Å². The van der Waals surface area contributed by atoms with Crippen molar-refractivity contribution in [1.82, 2.24) is 4.31 Å². The van der Waals surface area contributed by atoms with Gasteiger partial charge in [-0.3, -0.25) is 0 Å². The van der Waals surface area contributed by atoms with Crippen LogP contribution in [-0.2, 0) is 15.8 Å². The minimum Gasteiger partial charge on any atom is -0.493 e. The van der Waals surface area contributed by atoms with Gasteiger partial charge in [0.05, 0.1) is 12.4 Å². The number of ether oxygens (including phenoxy) is 1. The topological polar surface area (TPSA) is 46.6 Å². The molecule has 0 saturated carbocycles. The number of hydrogen-bond donors (Lipinski definition) is 0. The van der Waals surface area contributed by atoms with Gasteiger partial charge in [-0.2, -0.15) is 0 Å². The molecule has 0 spiro atoms. The first kappa shape index (κ1) is 18.0. The highest BCUT2D eigenvalue weighted by molar-refractivity contribution is 7.88. The van der Waals surface area contributed by atoms with Crippen LogP contribution < -0.4 is 4.74 Å². The minimum absolute atomic E-state index is 0.0816. The van der Waals surface area contributed by atoms with E-state index in [1.165, 1.54) is 5.56 Å². The molecule has 0 aliphatic carbocycles. The molecular weight excluding hydrogens is 334 g/mol. The summed E-state index contributed by atoms with van der Waals surface area (Å²) in [7, 11) is -3.24. The summed E-state index contributed by atoms with van der Waals surface area (Å²) in [4.78, 5) is 0. The molecule has 1 fully saturated rings. The van der Waals surface area contributed by atoms with E-state index in [9.17, 15) is 8.42 Å². The molecule has 0 unspecified atom stereocenters. The highest BCUT2D eigenvalue weighted by atomic mass is 32.2. The summed E-state index contributed by atoms with van der Waals surface area (Å²) in [5, 5.41) is 0. The van der Waals surface area contributed by atoms with E-state index in [0.29, 0.717) is 25.6 Å². The normalized spacial score (nSPS) is 16.7. The fourth-order valence-electron chi connectivity index (χ4n) is 3.15. The summed E-state index contributed by atoms with van der Waals surface area (Å²) in [5.41, 5.74) is 2.02. The molecule has 1 saturated heterocycles. The summed E-state index contributed by atoms with van der Waals surface area (Å²) < 4.78 is 32.6. The molecule has 1 aliphatic heterocycles. The van der Waals surface area contributed by atoms with Gasteiger partial charge >= 0.3 is 0 Å². The molecular formula is C20H25NO3S. The van der Waals surface area contributed by atoms with E-state index in [0.717, 1.165) is 24.2 Å². The van der Waals surface area contributed by atoms with Crippen LogP contribution in [0.25, 0.3) is 0 Å². The van der Waals surface area contributed by atoms with Gasteiger partial charge in [0, 0.05) is 13.1 Å². The molecule has 0 amide bonds. The number of piperidine rings is 1. The number of aryl methyl sites for hydroxylation is 1. The summed E-state index contributed by atoms with van der Waals surface area (Å²) >= 11 is 0. The lowest BCUT2D eigenvalue weighted by Crippen LogP contribution is -2.40. The zero-order valence-electron chi connectivity index (χ0n) is 14.6. The standard InChI is InChI=1S/C20H25NO3S/c1-17-6-5-9-20(14-17)24-15-18-10-12-21(13-11-18)25(22,23)16-19-7-3-2-4-8-19/h2-9,14,18H,10-13,15-16H2,1H3. The molecule has 0 bridgehead atoms. The number of sulfonamides is 1. The van der Waals surface area contributed by atoms with Crippen LogP contribution in [-0.4, -0.2) is 32.4 Å². The zero-order valence-corrected chi connectivity index (χ0v) is 15.4. The summed E-state index contributed by atoms with van der Waals surface area (Å²) in [6, 6.07) is 17.4. The van der Waals surface area contributed by atoms with E-state index in [1.54, 1.807) is 4.31 Å². The first-order valence-electron chi connectivity index (χ1n) is 8.74. The lowest BCUT2D eigenvalue weighted by Gasteiger charge is -2.31. The number of nitrogens with zero attached hydrogens (tertiary/aromatic N) is 1. The Balaban J connectivity index is 1.49. The monoisotopic (exact) mass is 359 g/mol. The van der Waals surface area contributed by atoms with Crippen LogP contribution in [0.3, 0.4) is 0 Å². The van der Waals surface area contributed by atoms with Crippen molar-refractivity contribution >= 4 is 10.0 Å². The van der Waals surface area contributed by atoms with Crippen molar-refractivity contribution in [2.45, 2.75) is 25.5 Å². The van der Waals surface area contributed by atoms with Gasteiger partial charge in [-0.15, -0.1) is 0 Å². The van der Waals surface area contributed by atoms with Crippen LogP contribution in [0, 0.1) is 12.8 Å². The first-order valence-corrected chi connectivity index (χ1v) is 10.3. The lowest BCUT2D eigenvalue weighted by molar-refractivity contribution is 0.185. The van der Waals surface area contributed by atoms with E-state index in [-0.39, 0.29) is 5.75 Å². The Bertz CT molecular complexity index is 782. The minimum atomic E-state index is -3.24. The average Bonchev–Trinajstić information content (AvgIpc) is 2.61. The van der Waals surface area contributed by atoms with Gasteiger partial charge in [0.2, 0.25) is 10.0 Å². The molecule has 2 aromatic rings. The highest BCUT2D eigenvalue weighted by Crippen LogP contribution is 2.23. The van der Waals surface area contributed by atoms with E-state index in [2.05, 4.69) is 0 Å². The fraction of sp³-hybridized carbons (Fsp3) is 0.400. The smallest absolute Gasteiger partial charge is 0.218 e. The Labute approximate surface area is 150 Å². The zero-order chi connectivity index (χ0) is 17.7. The Morgan fingerprint density at radius 2 is 1.76 bits per heavy atom. The maximum atomic E-state index is 12.6. The average molecular weight is 359 g/mol. The van der Waals surface area contributed by atoms with Gasteiger partial charge < -0.3 is 4.74 Å². The number of rotatable bonds is 6. The fourth-order valence-corrected chi connectivity index (χ4v) is 4.71. The van der Waals surface area contributed by atoms with Crippen molar-refractivity contribution in [3.05, 3.63) is 65.7 Å². The van der Waals surface area contributed by atoms with E-state index in [4.69, 9.17) is 4.74 Å². The SMILES string of the molecule is Cc1cccc(OCC2CCN(S(=O)(=O)Cc3ccccc3)CC2)c1. The van der Waals surface area contributed by atoms with Gasteiger partial charge in [-0.1, -0.05) is 42.5 Å². The summed E-state index contributed by atoms with van der Waals surface area (Å²) in [6.45, 7) is 3.85. The second-order valence-corrected chi connectivity index (χ2v) is 8.68. The van der Waals surface area contributed by atoms with Crippen molar-refractivity contribution in [1.29, 1.82) is 0 Å². The predicted octanol–water partition coefficient (Wildman–Crippen LogP) is 3.62. The third-order valence-electron chi connectivity index (χ3n) is 4.63. The molecule has 1 heterocycles. The quantitative estimate of drug-likeness (QED) is 0.791. The van der Waals surface area contributed by atoms with Crippen molar-refractivity contribution < 1.29 is 13.2 Å². The van der Waals surface area contributed by atoms with Gasteiger partial charge in [-0.25, -0.2) is 12.7 Å². The number of benzene rings is 2. The number of hydrogen-bond acceptors (Lipinski definition) is 3. The largest absolute Gasteiger partial charge is 0.493 e. The van der Waals surface area contributed by atoms with E-state index < -0.39 is 10.0 Å². The molecule has 25 heavy (non-hydrogen) atoms. The van der Waals surface area contributed by atoms with Crippen LogP contribution in [0.2, 0.25) is 0 Å². The Morgan fingerprint density at radius 3 is 2.44 bits per heavy atom. The Kier molecular flexibility index (Phi) is 5.76. The molecule has 2 aromatic carbocycles. The van der Waals surface area contributed by atoms with Gasteiger partial charge in [0.15, 0.2) is 0 Å². The molecule has 0 N–H and O–H groups in total. The van der Waals surface area contributed by atoms with E-state index >= 15 is 0 Å². The van der Waals surface area contributed by atoms with Gasteiger partial charge in [0.25, 0.3) is 0 Å². The Morgan fingerprint density at radius 1 is 1.04 bits per heavy atom. The van der Waals surface area contributed by atoms with E-state index in [1.807, 2.05) is 61.5 Å². The van der Waals surface area contributed by atoms with Crippen LogP contribution in [0.4, 0.5) is 0 Å². The predicted molar refractivity (Wildman–Crippen MR) is 100 cm³/mol. The van der Waals surface area contributed by atoms with Gasteiger partial charge in [-0.05, 0) is 48.9 Å². The van der Waals surface area contributed by atoms with Crippen LogP contribution >= 0.6 is 0 Å². The van der Waals surface area contributed by atoms with Crippen molar-refractivity contribution in [3.63, 3.8) is 0 Å². The molecule has 4 nitrogen and oxygen atoms in total. The van der Waals surface area contributed by atoms with Crippen molar-refractivity contribution in [2.75, 3.05) is 19.7 Å². The third kappa shape index (κ3) is 5.06. The highest BCUT2D eigenvalue weighted by Gasteiger charge is 2.28.